The maximum absolute atomic E-state index is 12.5. The molecule has 0 amide bonds. The molecule has 1 aliphatic rings. The van der Waals surface area contributed by atoms with Crippen molar-refractivity contribution in [3.8, 4) is 5.75 Å². The fourth-order valence-corrected chi connectivity index (χ4v) is 2.16. The zero-order valence-electron chi connectivity index (χ0n) is 9.06. The largest absolute Gasteiger partial charge is 0.493 e. The first-order valence-electron chi connectivity index (χ1n) is 5.46. The second-order valence-electron chi connectivity index (χ2n) is 4.28. The van der Waals surface area contributed by atoms with Crippen LogP contribution in [0.2, 0.25) is 0 Å². The fraction of sp³-hybridized carbons (Fsp3) is 0.500. The van der Waals surface area contributed by atoms with Gasteiger partial charge in [0.05, 0.1) is 12.2 Å². The molecule has 94 valence electrons. The van der Waals surface area contributed by atoms with Crippen LogP contribution >= 0.6 is 15.9 Å². The molecule has 2 rings (SSSR count). The van der Waals surface area contributed by atoms with Crippen molar-refractivity contribution in [1.29, 1.82) is 0 Å². The maximum Gasteiger partial charge on any atom is 0.416 e. The summed E-state index contributed by atoms with van der Waals surface area (Å²) in [5.41, 5.74) is -0.685. The summed E-state index contributed by atoms with van der Waals surface area (Å²) in [6.07, 6.45) is -0.918. The molecule has 0 aromatic heterocycles. The highest BCUT2D eigenvalue weighted by Crippen LogP contribution is 2.35. The predicted octanol–water partition coefficient (Wildman–Crippen LogP) is 4.65. The molecular formula is C12H12BrF3O. The Morgan fingerprint density at radius 2 is 1.94 bits per heavy atom. The number of hydrogen-bond acceptors (Lipinski definition) is 1. The van der Waals surface area contributed by atoms with Gasteiger partial charge in [-0.25, -0.2) is 0 Å². The van der Waals surface area contributed by atoms with Gasteiger partial charge in [0, 0.05) is 4.47 Å². The topological polar surface area (TPSA) is 9.23 Å². The molecule has 17 heavy (non-hydrogen) atoms. The van der Waals surface area contributed by atoms with E-state index in [4.69, 9.17) is 4.74 Å². The van der Waals surface area contributed by atoms with E-state index >= 15 is 0 Å². The Bertz CT molecular complexity index is 399. The van der Waals surface area contributed by atoms with Gasteiger partial charge in [-0.1, -0.05) is 22.4 Å². The molecule has 1 saturated carbocycles. The van der Waals surface area contributed by atoms with Gasteiger partial charge >= 0.3 is 6.18 Å². The summed E-state index contributed by atoms with van der Waals surface area (Å²) in [6.45, 7) is 0.508. The van der Waals surface area contributed by atoms with E-state index in [1.165, 1.54) is 6.42 Å². The molecule has 0 heterocycles. The van der Waals surface area contributed by atoms with Gasteiger partial charge in [0.25, 0.3) is 0 Å². The third-order valence-corrected chi connectivity index (χ3v) is 3.37. The molecule has 1 nitrogen and oxygen atoms in total. The Kier molecular flexibility index (Phi) is 3.66. The Hall–Kier alpha value is -0.710. The first-order valence-corrected chi connectivity index (χ1v) is 6.25. The van der Waals surface area contributed by atoms with Gasteiger partial charge in [-0.15, -0.1) is 0 Å². The molecule has 0 aliphatic heterocycles. The number of alkyl halides is 3. The first kappa shape index (κ1) is 12.7. The zero-order chi connectivity index (χ0) is 12.5. The van der Waals surface area contributed by atoms with E-state index in [0.29, 0.717) is 17.0 Å². The normalized spacial score (nSPS) is 16.7. The summed E-state index contributed by atoms with van der Waals surface area (Å²) < 4.78 is 43.4. The van der Waals surface area contributed by atoms with Crippen LogP contribution in [0, 0.1) is 5.92 Å². The summed E-state index contributed by atoms with van der Waals surface area (Å²) >= 11 is 3.06. The van der Waals surface area contributed by atoms with Crippen LogP contribution in [0.5, 0.6) is 5.75 Å². The van der Waals surface area contributed by atoms with Crippen LogP contribution in [0.25, 0.3) is 0 Å². The summed E-state index contributed by atoms with van der Waals surface area (Å²) in [4.78, 5) is 0. The van der Waals surface area contributed by atoms with Crippen LogP contribution in [0.1, 0.15) is 24.8 Å². The summed E-state index contributed by atoms with van der Waals surface area (Å²) in [6, 6.07) is 3.66. The Morgan fingerprint density at radius 1 is 1.24 bits per heavy atom. The minimum absolute atomic E-state index is 0.276. The second kappa shape index (κ2) is 4.88. The lowest BCUT2D eigenvalue weighted by atomic mass is 9.86. The second-order valence-corrected chi connectivity index (χ2v) is 5.20. The van der Waals surface area contributed by atoms with Gasteiger partial charge < -0.3 is 4.74 Å². The number of rotatable bonds is 3. The monoisotopic (exact) mass is 308 g/mol. The Balaban J connectivity index is 2.08. The van der Waals surface area contributed by atoms with Crippen molar-refractivity contribution in [2.75, 3.05) is 6.61 Å². The van der Waals surface area contributed by atoms with Gasteiger partial charge in [-0.2, -0.15) is 13.2 Å². The highest BCUT2D eigenvalue weighted by molar-refractivity contribution is 9.10. The van der Waals surface area contributed by atoms with E-state index in [1.807, 2.05) is 0 Å². The van der Waals surface area contributed by atoms with E-state index in [1.54, 1.807) is 6.07 Å². The third-order valence-electron chi connectivity index (χ3n) is 2.91. The lowest BCUT2D eigenvalue weighted by Crippen LogP contribution is -2.19. The molecule has 5 heteroatoms. The SMILES string of the molecule is FC(F)(F)c1cc(Br)cc(OCC2CCC2)c1. The highest BCUT2D eigenvalue weighted by Gasteiger charge is 2.31. The summed E-state index contributed by atoms with van der Waals surface area (Å²) in [7, 11) is 0. The zero-order valence-corrected chi connectivity index (χ0v) is 10.6. The maximum atomic E-state index is 12.5. The van der Waals surface area contributed by atoms with Crippen molar-refractivity contribution in [3.63, 3.8) is 0 Å². The quantitative estimate of drug-likeness (QED) is 0.790. The summed E-state index contributed by atoms with van der Waals surface area (Å²) in [5, 5.41) is 0. The molecule has 1 aliphatic carbocycles. The number of hydrogen-bond donors (Lipinski definition) is 0. The molecular weight excluding hydrogens is 297 g/mol. The number of benzene rings is 1. The van der Waals surface area contributed by atoms with E-state index in [9.17, 15) is 13.2 Å². The van der Waals surface area contributed by atoms with Crippen molar-refractivity contribution >= 4 is 15.9 Å². The Labute approximate surface area is 106 Å². The van der Waals surface area contributed by atoms with Crippen molar-refractivity contribution in [2.45, 2.75) is 25.4 Å². The molecule has 0 bridgehead atoms. The van der Waals surface area contributed by atoms with Gasteiger partial charge in [-0.05, 0) is 37.0 Å². The van der Waals surface area contributed by atoms with Crippen LogP contribution in [0.4, 0.5) is 13.2 Å². The molecule has 0 radical (unpaired) electrons. The van der Waals surface area contributed by atoms with Crippen LogP contribution < -0.4 is 4.74 Å². The van der Waals surface area contributed by atoms with Crippen molar-refractivity contribution < 1.29 is 17.9 Å². The predicted molar refractivity (Wildman–Crippen MR) is 62.0 cm³/mol. The first-order chi connectivity index (χ1) is 7.95. The Morgan fingerprint density at radius 3 is 2.47 bits per heavy atom. The van der Waals surface area contributed by atoms with Crippen molar-refractivity contribution in [3.05, 3.63) is 28.2 Å². The highest BCUT2D eigenvalue weighted by atomic mass is 79.9. The molecule has 0 unspecified atom stereocenters. The van der Waals surface area contributed by atoms with Gasteiger partial charge in [0.2, 0.25) is 0 Å². The van der Waals surface area contributed by atoms with Crippen LogP contribution in [-0.2, 0) is 6.18 Å². The minimum atomic E-state index is -4.33. The minimum Gasteiger partial charge on any atom is -0.493 e. The lowest BCUT2D eigenvalue weighted by Gasteiger charge is -2.25. The van der Waals surface area contributed by atoms with Crippen molar-refractivity contribution in [2.24, 2.45) is 5.92 Å². The fourth-order valence-electron chi connectivity index (χ4n) is 1.68. The third kappa shape index (κ3) is 3.37. The van der Waals surface area contributed by atoms with Gasteiger partial charge in [0.1, 0.15) is 5.75 Å². The molecule has 1 aromatic rings. The average molecular weight is 309 g/mol. The molecule has 0 saturated heterocycles. The van der Waals surface area contributed by atoms with Crippen LogP contribution in [0.15, 0.2) is 22.7 Å². The van der Waals surface area contributed by atoms with Gasteiger partial charge in [-0.3, -0.25) is 0 Å². The van der Waals surface area contributed by atoms with E-state index < -0.39 is 11.7 Å². The number of halogens is 4. The smallest absolute Gasteiger partial charge is 0.416 e. The molecule has 1 aromatic carbocycles. The number of ether oxygens (including phenoxy) is 1. The lowest BCUT2D eigenvalue weighted by molar-refractivity contribution is -0.137. The van der Waals surface area contributed by atoms with E-state index in [2.05, 4.69) is 15.9 Å². The molecule has 0 atom stereocenters. The standard InChI is InChI=1S/C12H12BrF3O/c13-10-4-9(12(14,15)16)5-11(6-10)17-7-8-2-1-3-8/h4-6,8H,1-3,7H2. The average Bonchev–Trinajstić information content (AvgIpc) is 2.13. The molecule has 0 spiro atoms. The van der Waals surface area contributed by atoms with Crippen LogP contribution in [-0.4, -0.2) is 6.61 Å². The molecule has 1 fully saturated rings. The summed E-state index contributed by atoms with van der Waals surface area (Å²) in [5.74, 6) is 0.780. The van der Waals surface area contributed by atoms with Crippen LogP contribution in [0.3, 0.4) is 0 Å². The van der Waals surface area contributed by atoms with Crippen molar-refractivity contribution in [1.82, 2.24) is 0 Å². The van der Waals surface area contributed by atoms with E-state index in [-0.39, 0.29) is 5.75 Å². The molecule has 0 N–H and O–H groups in total. The van der Waals surface area contributed by atoms with E-state index in [0.717, 1.165) is 25.0 Å². The van der Waals surface area contributed by atoms with Gasteiger partial charge in [0.15, 0.2) is 0 Å².